The van der Waals surface area contributed by atoms with Gasteiger partial charge >= 0.3 is 0 Å². The first kappa shape index (κ1) is 13.6. The summed E-state index contributed by atoms with van der Waals surface area (Å²) < 4.78 is 0. The standard InChI is InChI=1S/C15H19N3O/c1-18(13-6-4-12(10-16)5-7-13)14(19)15(11-17)8-2-3-9-15/h4-7H,2-3,8-9,11,17H2,1H3. The third kappa shape index (κ3) is 2.47. The average molecular weight is 257 g/mol. The molecular weight excluding hydrogens is 238 g/mol. The lowest BCUT2D eigenvalue weighted by atomic mass is 9.84. The van der Waals surface area contributed by atoms with Gasteiger partial charge in [0.15, 0.2) is 0 Å². The summed E-state index contributed by atoms with van der Waals surface area (Å²) in [6.45, 7) is 0.409. The molecule has 4 nitrogen and oxygen atoms in total. The Bertz CT molecular complexity index is 495. The zero-order valence-electron chi connectivity index (χ0n) is 11.2. The van der Waals surface area contributed by atoms with Crippen LogP contribution in [0.25, 0.3) is 0 Å². The predicted octanol–water partition coefficient (Wildman–Crippen LogP) is 2.04. The van der Waals surface area contributed by atoms with E-state index in [1.165, 1.54) is 0 Å². The van der Waals surface area contributed by atoms with Crippen LogP contribution in [0.15, 0.2) is 24.3 Å². The highest BCUT2D eigenvalue weighted by Crippen LogP contribution is 2.39. The average Bonchev–Trinajstić information content (AvgIpc) is 2.96. The van der Waals surface area contributed by atoms with Crippen molar-refractivity contribution in [2.45, 2.75) is 25.7 Å². The molecule has 0 atom stereocenters. The first-order valence-electron chi connectivity index (χ1n) is 6.61. The number of rotatable bonds is 3. The van der Waals surface area contributed by atoms with Gasteiger partial charge in [0.2, 0.25) is 5.91 Å². The molecule has 2 N–H and O–H groups in total. The molecule has 19 heavy (non-hydrogen) atoms. The van der Waals surface area contributed by atoms with E-state index in [4.69, 9.17) is 11.0 Å². The Kier molecular flexibility index (Phi) is 3.87. The molecule has 1 aromatic carbocycles. The molecule has 1 fully saturated rings. The number of nitrogens with zero attached hydrogens (tertiary/aromatic N) is 2. The van der Waals surface area contributed by atoms with Crippen molar-refractivity contribution in [2.75, 3.05) is 18.5 Å². The highest BCUT2D eigenvalue weighted by molar-refractivity contribution is 5.97. The lowest BCUT2D eigenvalue weighted by Crippen LogP contribution is -2.45. The van der Waals surface area contributed by atoms with E-state index in [2.05, 4.69) is 6.07 Å². The molecule has 1 aliphatic rings. The third-order valence-corrected chi connectivity index (χ3v) is 4.09. The molecule has 0 aliphatic heterocycles. The monoisotopic (exact) mass is 257 g/mol. The summed E-state index contributed by atoms with van der Waals surface area (Å²) in [6, 6.07) is 9.13. The van der Waals surface area contributed by atoms with Gasteiger partial charge in [0.05, 0.1) is 17.0 Å². The minimum absolute atomic E-state index is 0.0946. The van der Waals surface area contributed by atoms with Crippen molar-refractivity contribution < 1.29 is 4.79 Å². The number of amides is 1. The first-order chi connectivity index (χ1) is 9.13. The van der Waals surface area contributed by atoms with Crippen LogP contribution in [-0.2, 0) is 4.79 Å². The van der Waals surface area contributed by atoms with E-state index in [-0.39, 0.29) is 11.3 Å². The minimum atomic E-state index is -0.386. The summed E-state index contributed by atoms with van der Waals surface area (Å²) in [6.07, 6.45) is 3.90. The van der Waals surface area contributed by atoms with E-state index in [0.29, 0.717) is 12.1 Å². The summed E-state index contributed by atoms with van der Waals surface area (Å²) in [4.78, 5) is 14.3. The Morgan fingerprint density at radius 1 is 1.37 bits per heavy atom. The molecule has 0 bridgehead atoms. The smallest absolute Gasteiger partial charge is 0.234 e. The summed E-state index contributed by atoms with van der Waals surface area (Å²) in [5.74, 6) is 0.0946. The zero-order valence-corrected chi connectivity index (χ0v) is 11.2. The molecule has 1 aliphatic carbocycles. The zero-order chi connectivity index (χ0) is 13.9. The van der Waals surface area contributed by atoms with Crippen molar-refractivity contribution in [2.24, 2.45) is 11.1 Å². The number of benzene rings is 1. The molecule has 0 spiro atoms. The second-order valence-corrected chi connectivity index (χ2v) is 5.21. The Hall–Kier alpha value is -1.86. The fourth-order valence-electron chi connectivity index (χ4n) is 2.79. The Morgan fingerprint density at radius 3 is 2.42 bits per heavy atom. The van der Waals surface area contributed by atoms with Crippen molar-refractivity contribution in [3.63, 3.8) is 0 Å². The van der Waals surface area contributed by atoms with Crippen LogP contribution in [0.4, 0.5) is 5.69 Å². The molecule has 4 heteroatoms. The lowest BCUT2D eigenvalue weighted by Gasteiger charge is -2.31. The van der Waals surface area contributed by atoms with Crippen molar-refractivity contribution in [3.8, 4) is 6.07 Å². The van der Waals surface area contributed by atoms with Crippen molar-refractivity contribution in [1.29, 1.82) is 5.26 Å². The van der Waals surface area contributed by atoms with Gasteiger partial charge in [-0.25, -0.2) is 0 Å². The van der Waals surface area contributed by atoms with E-state index in [9.17, 15) is 4.79 Å². The van der Waals surface area contributed by atoms with Crippen LogP contribution in [0.1, 0.15) is 31.2 Å². The maximum absolute atomic E-state index is 12.6. The van der Waals surface area contributed by atoms with Crippen LogP contribution in [0, 0.1) is 16.7 Å². The number of carbonyl (C=O) groups excluding carboxylic acids is 1. The lowest BCUT2D eigenvalue weighted by molar-refractivity contribution is -0.127. The van der Waals surface area contributed by atoms with Crippen LogP contribution in [0.3, 0.4) is 0 Å². The SMILES string of the molecule is CN(C(=O)C1(CN)CCCC1)c1ccc(C#N)cc1. The van der Waals surface area contributed by atoms with Crippen molar-refractivity contribution in [3.05, 3.63) is 29.8 Å². The quantitative estimate of drug-likeness (QED) is 0.900. The van der Waals surface area contributed by atoms with Gasteiger partial charge in [0, 0.05) is 19.3 Å². The molecule has 1 amide bonds. The van der Waals surface area contributed by atoms with E-state index >= 15 is 0 Å². The minimum Gasteiger partial charge on any atom is -0.329 e. The normalized spacial score (nSPS) is 16.9. The van der Waals surface area contributed by atoms with E-state index in [0.717, 1.165) is 31.4 Å². The number of anilines is 1. The van der Waals surface area contributed by atoms with Crippen LogP contribution >= 0.6 is 0 Å². The summed E-state index contributed by atoms with van der Waals surface area (Å²) in [5, 5.41) is 8.78. The Morgan fingerprint density at radius 2 is 1.95 bits per heavy atom. The van der Waals surface area contributed by atoms with Crippen LogP contribution in [0.5, 0.6) is 0 Å². The second kappa shape index (κ2) is 5.41. The van der Waals surface area contributed by atoms with E-state index in [1.54, 1.807) is 36.2 Å². The summed E-state index contributed by atoms with van der Waals surface area (Å²) in [5.41, 5.74) is 6.86. The molecule has 0 heterocycles. The molecule has 0 saturated heterocycles. The molecule has 0 radical (unpaired) electrons. The topological polar surface area (TPSA) is 70.1 Å². The molecule has 0 unspecified atom stereocenters. The van der Waals surface area contributed by atoms with Gasteiger partial charge in [0.25, 0.3) is 0 Å². The Balaban J connectivity index is 2.20. The fourth-order valence-corrected chi connectivity index (χ4v) is 2.79. The van der Waals surface area contributed by atoms with Crippen molar-refractivity contribution in [1.82, 2.24) is 0 Å². The van der Waals surface area contributed by atoms with E-state index in [1.807, 2.05) is 0 Å². The number of carbonyl (C=O) groups is 1. The Labute approximate surface area is 113 Å². The number of nitriles is 1. The number of hydrogen-bond acceptors (Lipinski definition) is 3. The van der Waals surface area contributed by atoms with Gasteiger partial charge in [-0.2, -0.15) is 5.26 Å². The van der Waals surface area contributed by atoms with E-state index < -0.39 is 0 Å². The summed E-state index contributed by atoms with van der Waals surface area (Å²) in [7, 11) is 1.78. The summed E-state index contributed by atoms with van der Waals surface area (Å²) >= 11 is 0. The highest BCUT2D eigenvalue weighted by atomic mass is 16.2. The fraction of sp³-hybridized carbons (Fsp3) is 0.467. The number of hydrogen-bond donors (Lipinski definition) is 1. The molecule has 1 aromatic rings. The molecule has 2 rings (SSSR count). The third-order valence-electron chi connectivity index (χ3n) is 4.09. The molecule has 100 valence electrons. The van der Waals surface area contributed by atoms with Crippen LogP contribution in [-0.4, -0.2) is 19.5 Å². The van der Waals surface area contributed by atoms with Gasteiger partial charge in [-0.05, 0) is 37.1 Å². The van der Waals surface area contributed by atoms with Gasteiger partial charge in [0.1, 0.15) is 0 Å². The maximum atomic E-state index is 12.6. The maximum Gasteiger partial charge on any atom is 0.234 e. The van der Waals surface area contributed by atoms with Crippen molar-refractivity contribution >= 4 is 11.6 Å². The molecule has 1 saturated carbocycles. The first-order valence-corrected chi connectivity index (χ1v) is 6.61. The predicted molar refractivity (Wildman–Crippen MR) is 74.5 cm³/mol. The molecule has 0 aromatic heterocycles. The van der Waals surface area contributed by atoms with Gasteiger partial charge in [-0.15, -0.1) is 0 Å². The largest absolute Gasteiger partial charge is 0.329 e. The van der Waals surface area contributed by atoms with Gasteiger partial charge in [-0.1, -0.05) is 12.8 Å². The number of nitrogens with two attached hydrogens (primary N) is 1. The van der Waals surface area contributed by atoms with Crippen LogP contribution < -0.4 is 10.6 Å². The van der Waals surface area contributed by atoms with Gasteiger partial charge < -0.3 is 10.6 Å². The second-order valence-electron chi connectivity index (χ2n) is 5.21. The highest BCUT2D eigenvalue weighted by Gasteiger charge is 2.41. The molecular formula is C15H19N3O. The van der Waals surface area contributed by atoms with Crippen LogP contribution in [0.2, 0.25) is 0 Å². The van der Waals surface area contributed by atoms with Gasteiger partial charge in [-0.3, -0.25) is 4.79 Å².